The lowest BCUT2D eigenvalue weighted by molar-refractivity contribution is 0.782. The predicted octanol–water partition coefficient (Wildman–Crippen LogP) is 1.88. The molecule has 0 N–H and O–H groups in total. The van der Waals surface area contributed by atoms with Crippen LogP contribution < -0.4 is 4.90 Å². The van der Waals surface area contributed by atoms with Crippen LogP contribution in [0, 0.1) is 11.3 Å². The smallest absolute Gasteiger partial charge is 0.229 e. The second kappa shape index (κ2) is 6.89. The second-order valence-electron chi connectivity index (χ2n) is 3.21. The maximum absolute atomic E-state index is 8.60. The van der Waals surface area contributed by atoms with E-state index in [0.29, 0.717) is 22.0 Å². The molecule has 0 saturated heterocycles. The number of hydrogen-bond donors (Lipinski definition) is 0. The Morgan fingerprint density at radius 3 is 2.53 bits per heavy atom. The third-order valence-corrected chi connectivity index (χ3v) is 3.59. The molecule has 0 fully saturated rings. The molecule has 0 aliphatic rings. The van der Waals surface area contributed by atoms with Crippen molar-refractivity contribution in [1.82, 2.24) is 15.0 Å². The molecule has 0 spiro atoms. The molecule has 92 valence electrons. The van der Waals surface area contributed by atoms with E-state index < -0.39 is 5.38 Å². The Morgan fingerprint density at radius 1 is 1.35 bits per heavy atom. The van der Waals surface area contributed by atoms with Crippen molar-refractivity contribution < 1.29 is 0 Å². The normalized spacial score (nSPS) is 11.9. The molecule has 1 atom stereocenters. The monoisotopic (exact) mass is 289 g/mol. The van der Waals surface area contributed by atoms with E-state index in [4.69, 9.17) is 16.9 Å². The Morgan fingerprint density at radius 2 is 2.00 bits per heavy atom. The van der Waals surface area contributed by atoms with E-state index in [2.05, 4.69) is 15.0 Å². The number of aromatic nitrogens is 3. The molecule has 17 heavy (non-hydrogen) atoms. The van der Waals surface area contributed by atoms with Gasteiger partial charge in [0.2, 0.25) is 5.95 Å². The first kappa shape index (κ1) is 14.4. The first-order chi connectivity index (χ1) is 8.06. The molecular weight excluding hydrogens is 278 g/mol. The van der Waals surface area contributed by atoms with Crippen molar-refractivity contribution in [3.8, 4) is 6.07 Å². The lowest BCUT2D eigenvalue weighted by Crippen LogP contribution is -2.14. The van der Waals surface area contributed by atoms with E-state index in [1.165, 1.54) is 23.5 Å². The van der Waals surface area contributed by atoms with Crippen molar-refractivity contribution in [2.45, 2.75) is 15.7 Å². The number of anilines is 1. The van der Waals surface area contributed by atoms with Crippen molar-refractivity contribution >= 4 is 41.1 Å². The predicted molar refractivity (Wildman–Crippen MR) is 71.9 cm³/mol. The van der Waals surface area contributed by atoms with Gasteiger partial charge < -0.3 is 4.90 Å². The minimum Gasteiger partial charge on any atom is -0.347 e. The number of halogens is 1. The van der Waals surface area contributed by atoms with Crippen LogP contribution in [0.4, 0.5) is 5.95 Å². The molecular formula is C9H12ClN5S2. The fourth-order valence-electron chi connectivity index (χ4n) is 0.869. The van der Waals surface area contributed by atoms with Crippen molar-refractivity contribution in [3.63, 3.8) is 0 Å². The zero-order valence-corrected chi connectivity index (χ0v) is 12.1. The van der Waals surface area contributed by atoms with E-state index in [1.54, 1.807) is 0 Å². The number of hydrogen-bond acceptors (Lipinski definition) is 7. The van der Waals surface area contributed by atoms with Gasteiger partial charge in [-0.3, -0.25) is 0 Å². The highest BCUT2D eigenvalue weighted by molar-refractivity contribution is 7.99. The standard InChI is InChI=1S/C9H12ClN5S2/c1-15(2)7-12-8(16-3)14-9(13-7)17-5-6(10)4-11/h6H,5H2,1-3H3. The SMILES string of the molecule is CSc1nc(SCC(Cl)C#N)nc(N(C)C)n1. The summed E-state index contributed by atoms with van der Waals surface area (Å²) >= 11 is 8.53. The molecule has 0 saturated carbocycles. The molecule has 1 rings (SSSR count). The Labute approximate surface area is 114 Å². The summed E-state index contributed by atoms with van der Waals surface area (Å²) in [6, 6.07) is 1.96. The van der Waals surface area contributed by atoms with Crippen LogP contribution in [0.5, 0.6) is 0 Å². The van der Waals surface area contributed by atoms with E-state index in [0.717, 1.165) is 0 Å². The number of thioether (sulfide) groups is 2. The molecule has 5 nitrogen and oxygen atoms in total. The summed E-state index contributed by atoms with van der Waals surface area (Å²) in [6.07, 6.45) is 1.91. The average Bonchev–Trinajstić information content (AvgIpc) is 2.35. The van der Waals surface area contributed by atoms with E-state index in [-0.39, 0.29) is 0 Å². The summed E-state index contributed by atoms with van der Waals surface area (Å²) in [5, 5.41) is 9.32. The lowest BCUT2D eigenvalue weighted by atomic mass is 10.5. The number of nitriles is 1. The summed E-state index contributed by atoms with van der Waals surface area (Å²) in [4.78, 5) is 14.6. The van der Waals surface area contributed by atoms with Gasteiger partial charge in [-0.25, -0.2) is 0 Å². The van der Waals surface area contributed by atoms with Crippen LogP contribution in [0.15, 0.2) is 10.3 Å². The van der Waals surface area contributed by atoms with Crippen molar-refractivity contribution in [3.05, 3.63) is 0 Å². The Kier molecular flexibility index (Phi) is 5.82. The largest absolute Gasteiger partial charge is 0.347 e. The van der Waals surface area contributed by atoms with Crippen molar-refractivity contribution in [2.75, 3.05) is 31.0 Å². The number of nitrogens with zero attached hydrogens (tertiary/aromatic N) is 5. The maximum Gasteiger partial charge on any atom is 0.229 e. The van der Waals surface area contributed by atoms with Gasteiger partial charge in [-0.05, 0) is 6.26 Å². The molecule has 0 amide bonds. The van der Waals surface area contributed by atoms with Gasteiger partial charge in [0.25, 0.3) is 0 Å². The summed E-state index contributed by atoms with van der Waals surface area (Å²) in [5.41, 5.74) is 0. The van der Waals surface area contributed by atoms with Gasteiger partial charge in [0, 0.05) is 19.8 Å². The Hall–Kier alpha value is -0.710. The highest BCUT2D eigenvalue weighted by Gasteiger charge is 2.10. The van der Waals surface area contributed by atoms with Crippen molar-refractivity contribution in [1.29, 1.82) is 5.26 Å². The molecule has 1 aromatic rings. The van der Waals surface area contributed by atoms with Gasteiger partial charge in [0.05, 0.1) is 6.07 Å². The molecule has 0 bridgehead atoms. The van der Waals surface area contributed by atoms with Crippen LogP contribution in [0.25, 0.3) is 0 Å². The van der Waals surface area contributed by atoms with Crippen LogP contribution in [0.2, 0.25) is 0 Å². The first-order valence-corrected chi connectivity index (χ1v) is 7.35. The van der Waals surface area contributed by atoms with Gasteiger partial charge >= 0.3 is 0 Å². The lowest BCUT2D eigenvalue weighted by Gasteiger charge is -2.11. The van der Waals surface area contributed by atoms with Crippen LogP contribution in [0.1, 0.15) is 0 Å². The molecule has 8 heteroatoms. The van der Waals surface area contributed by atoms with Gasteiger partial charge in [0.15, 0.2) is 10.3 Å². The molecule has 0 aliphatic carbocycles. The van der Waals surface area contributed by atoms with Gasteiger partial charge in [-0.2, -0.15) is 20.2 Å². The molecule has 1 unspecified atom stereocenters. The second-order valence-corrected chi connectivity index (χ2v) is 5.49. The molecule has 0 aliphatic heterocycles. The van der Waals surface area contributed by atoms with Crippen LogP contribution in [0.3, 0.4) is 0 Å². The summed E-state index contributed by atoms with van der Waals surface area (Å²) < 4.78 is 0. The fourth-order valence-corrected chi connectivity index (χ4v) is 2.13. The molecule has 0 radical (unpaired) electrons. The van der Waals surface area contributed by atoms with E-state index in [9.17, 15) is 0 Å². The third kappa shape index (κ3) is 4.58. The Balaban J connectivity index is 2.84. The maximum atomic E-state index is 8.60. The minimum atomic E-state index is -0.530. The van der Waals surface area contributed by atoms with E-state index >= 15 is 0 Å². The fraction of sp³-hybridized carbons (Fsp3) is 0.556. The zero-order valence-electron chi connectivity index (χ0n) is 9.71. The molecule has 1 heterocycles. The highest BCUT2D eigenvalue weighted by atomic mass is 35.5. The van der Waals surface area contributed by atoms with Gasteiger partial charge in [-0.1, -0.05) is 23.5 Å². The highest BCUT2D eigenvalue weighted by Crippen LogP contribution is 2.21. The topological polar surface area (TPSA) is 65.7 Å². The van der Waals surface area contributed by atoms with Crippen molar-refractivity contribution in [2.24, 2.45) is 0 Å². The summed E-state index contributed by atoms with van der Waals surface area (Å²) in [5.74, 6) is 1.07. The number of alkyl halides is 1. The zero-order chi connectivity index (χ0) is 12.8. The average molecular weight is 290 g/mol. The number of rotatable bonds is 5. The molecule has 0 aromatic carbocycles. The summed E-state index contributed by atoms with van der Waals surface area (Å²) in [7, 11) is 3.74. The van der Waals surface area contributed by atoms with Crippen LogP contribution in [-0.2, 0) is 0 Å². The van der Waals surface area contributed by atoms with Crippen LogP contribution in [-0.4, -0.2) is 46.4 Å². The first-order valence-electron chi connectivity index (χ1n) is 4.70. The Bertz CT molecular complexity index is 420. The third-order valence-electron chi connectivity index (χ3n) is 1.66. The van der Waals surface area contributed by atoms with E-state index in [1.807, 2.05) is 31.3 Å². The quantitative estimate of drug-likeness (QED) is 0.605. The van der Waals surface area contributed by atoms with Gasteiger partial charge in [0.1, 0.15) is 5.38 Å². The van der Waals surface area contributed by atoms with Gasteiger partial charge in [-0.15, -0.1) is 11.6 Å². The summed E-state index contributed by atoms with van der Waals surface area (Å²) in [6.45, 7) is 0. The van der Waals surface area contributed by atoms with Crippen LogP contribution >= 0.6 is 35.1 Å². The molecule has 1 aromatic heterocycles. The minimum absolute atomic E-state index is 0.461.